The number of carbonyl (C=O) groups is 1. The summed E-state index contributed by atoms with van der Waals surface area (Å²) in [6, 6.07) is 9.76. The largest absolute Gasteiger partial charge is 0.387 e. The Morgan fingerprint density at radius 2 is 2.00 bits per heavy atom. The Balaban J connectivity index is 2.71. The van der Waals surface area contributed by atoms with Crippen molar-refractivity contribution in [3.8, 4) is 0 Å². The zero-order valence-electron chi connectivity index (χ0n) is 10.2. The molecule has 0 saturated carbocycles. The van der Waals surface area contributed by atoms with E-state index in [9.17, 15) is 4.79 Å². The average molecular weight is 233 g/mol. The molecule has 2 unspecified atom stereocenters. The van der Waals surface area contributed by atoms with E-state index < -0.39 is 5.92 Å². The Kier molecular flexibility index (Phi) is 4.69. The fraction of sp³-hybridized carbons (Fsp3) is 0.385. The van der Waals surface area contributed by atoms with Crippen LogP contribution < -0.4 is 11.1 Å². The molecule has 1 aromatic carbocycles. The van der Waals surface area contributed by atoms with E-state index in [1.54, 1.807) is 6.92 Å². The number of amidine groups is 1. The van der Waals surface area contributed by atoms with Crippen LogP contribution in [0.5, 0.6) is 0 Å². The number of nitrogens with one attached hydrogen (secondary N) is 2. The maximum Gasteiger partial charge on any atom is 0.230 e. The minimum atomic E-state index is -0.576. The molecule has 0 bridgehead atoms. The second kappa shape index (κ2) is 6.03. The molecule has 92 valence electrons. The molecule has 1 rings (SSSR count). The summed E-state index contributed by atoms with van der Waals surface area (Å²) in [4.78, 5) is 11.8. The number of rotatable bonds is 5. The highest BCUT2D eigenvalue weighted by atomic mass is 16.1. The summed E-state index contributed by atoms with van der Waals surface area (Å²) in [5.41, 5.74) is 6.38. The smallest absolute Gasteiger partial charge is 0.230 e. The van der Waals surface area contributed by atoms with Gasteiger partial charge in [-0.25, -0.2) is 0 Å². The summed E-state index contributed by atoms with van der Waals surface area (Å²) in [6.07, 6.45) is 0.806. The minimum Gasteiger partial charge on any atom is -0.387 e. The molecule has 1 amide bonds. The Morgan fingerprint density at radius 3 is 2.47 bits per heavy atom. The molecule has 0 saturated heterocycles. The Labute approximate surface area is 102 Å². The van der Waals surface area contributed by atoms with Gasteiger partial charge >= 0.3 is 0 Å². The number of hydrogen-bond acceptors (Lipinski definition) is 2. The third-order valence-corrected chi connectivity index (χ3v) is 2.79. The lowest BCUT2D eigenvalue weighted by Gasteiger charge is -2.19. The summed E-state index contributed by atoms with van der Waals surface area (Å²) in [5.74, 6) is -0.883. The standard InChI is InChI=1S/C13H19N3O/c1-3-11(10-7-5-4-6-8-10)16-13(17)9(2)12(14)15/h4-9,11H,3H2,1-2H3,(H3,14,15)(H,16,17). The van der Waals surface area contributed by atoms with Gasteiger partial charge in [-0.1, -0.05) is 37.3 Å². The van der Waals surface area contributed by atoms with E-state index in [1.807, 2.05) is 37.3 Å². The second-order valence-corrected chi connectivity index (χ2v) is 4.06. The normalized spacial score (nSPS) is 13.8. The molecule has 0 heterocycles. The molecule has 0 aliphatic heterocycles. The number of nitrogens with two attached hydrogens (primary N) is 1. The summed E-state index contributed by atoms with van der Waals surface area (Å²) in [6.45, 7) is 3.64. The van der Waals surface area contributed by atoms with Crippen molar-refractivity contribution in [2.75, 3.05) is 0 Å². The fourth-order valence-corrected chi connectivity index (χ4v) is 1.54. The topological polar surface area (TPSA) is 79.0 Å². The Bertz CT molecular complexity index is 389. The van der Waals surface area contributed by atoms with Gasteiger partial charge in [0.05, 0.1) is 12.0 Å². The molecule has 0 fully saturated rings. The van der Waals surface area contributed by atoms with Gasteiger partial charge in [0, 0.05) is 0 Å². The highest BCUT2D eigenvalue weighted by Gasteiger charge is 2.19. The van der Waals surface area contributed by atoms with Crippen molar-refractivity contribution in [2.24, 2.45) is 11.7 Å². The van der Waals surface area contributed by atoms with Crippen molar-refractivity contribution in [2.45, 2.75) is 26.3 Å². The van der Waals surface area contributed by atoms with E-state index in [0.717, 1.165) is 12.0 Å². The van der Waals surface area contributed by atoms with Gasteiger partial charge in [0.2, 0.25) is 5.91 Å². The van der Waals surface area contributed by atoms with Gasteiger partial charge in [-0.15, -0.1) is 0 Å². The van der Waals surface area contributed by atoms with Crippen molar-refractivity contribution in [3.63, 3.8) is 0 Å². The van der Waals surface area contributed by atoms with E-state index >= 15 is 0 Å². The Morgan fingerprint density at radius 1 is 1.41 bits per heavy atom. The molecule has 0 aromatic heterocycles. The molecule has 0 aliphatic rings. The van der Waals surface area contributed by atoms with Crippen molar-refractivity contribution in [3.05, 3.63) is 35.9 Å². The monoisotopic (exact) mass is 233 g/mol. The van der Waals surface area contributed by atoms with E-state index in [2.05, 4.69) is 5.32 Å². The minimum absolute atomic E-state index is 0.0227. The fourth-order valence-electron chi connectivity index (χ4n) is 1.54. The molecule has 0 aliphatic carbocycles. The first-order chi connectivity index (χ1) is 8.06. The third-order valence-electron chi connectivity index (χ3n) is 2.79. The number of hydrogen-bond donors (Lipinski definition) is 3. The van der Waals surface area contributed by atoms with Crippen molar-refractivity contribution in [1.29, 1.82) is 5.41 Å². The lowest BCUT2D eigenvalue weighted by atomic mass is 10.0. The van der Waals surface area contributed by atoms with Gasteiger partial charge in [0.25, 0.3) is 0 Å². The van der Waals surface area contributed by atoms with E-state index in [-0.39, 0.29) is 17.8 Å². The van der Waals surface area contributed by atoms with Crippen LogP contribution in [0.3, 0.4) is 0 Å². The van der Waals surface area contributed by atoms with Crippen LogP contribution >= 0.6 is 0 Å². The van der Waals surface area contributed by atoms with E-state index in [1.165, 1.54) is 0 Å². The quantitative estimate of drug-likeness (QED) is 0.536. The highest BCUT2D eigenvalue weighted by Crippen LogP contribution is 2.16. The van der Waals surface area contributed by atoms with Crippen LogP contribution in [0.1, 0.15) is 31.9 Å². The molecule has 4 nitrogen and oxygen atoms in total. The van der Waals surface area contributed by atoms with Gasteiger partial charge in [-0.05, 0) is 18.9 Å². The van der Waals surface area contributed by atoms with Crippen molar-refractivity contribution < 1.29 is 4.79 Å². The van der Waals surface area contributed by atoms with Crippen LogP contribution in [-0.4, -0.2) is 11.7 Å². The average Bonchev–Trinajstić information content (AvgIpc) is 2.35. The molecular weight excluding hydrogens is 214 g/mol. The highest BCUT2D eigenvalue weighted by molar-refractivity contribution is 6.00. The molecule has 2 atom stereocenters. The van der Waals surface area contributed by atoms with Crippen LogP contribution in [0.4, 0.5) is 0 Å². The maximum absolute atomic E-state index is 11.8. The second-order valence-electron chi connectivity index (χ2n) is 4.06. The van der Waals surface area contributed by atoms with Crippen LogP contribution in [0.25, 0.3) is 0 Å². The third kappa shape index (κ3) is 3.59. The molecule has 0 radical (unpaired) electrons. The number of benzene rings is 1. The van der Waals surface area contributed by atoms with Crippen LogP contribution in [0, 0.1) is 11.3 Å². The van der Waals surface area contributed by atoms with E-state index in [0.29, 0.717) is 0 Å². The first-order valence-corrected chi connectivity index (χ1v) is 5.75. The molecule has 4 N–H and O–H groups in total. The Hall–Kier alpha value is -1.84. The van der Waals surface area contributed by atoms with Crippen molar-refractivity contribution in [1.82, 2.24) is 5.32 Å². The summed E-state index contributed by atoms with van der Waals surface area (Å²) in [7, 11) is 0. The maximum atomic E-state index is 11.8. The van der Waals surface area contributed by atoms with Gasteiger partial charge in [0.15, 0.2) is 0 Å². The first-order valence-electron chi connectivity index (χ1n) is 5.75. The predicted molar refractivity (Wildman–Crippen MR) is 68.7 cm³/mol. The van der Waals surface area contributed by atoms with E-state index in [4.69, 9.17) is 11.1 Å². The lowest BCUT2D eigenvalue weighted by Crippen LogP contribution is -2.38. The first kappa shape index (κ1) is 13.2. The van der Waals surface area contributed by atoms with Crippen LogP contribution in [0.15, 0.2) is 30.3 Å². The zero-order valence-corrected chi connectivity index (χ0v) is 10.2. The summed E-state index contributed by atoms with van der Waals surface area (Å²) >= 11 is 0. The van der Waals surface area contributed by atoms with Gasteiger partial charge in [0.1, 0.15) is 5.84 Å². The molecule has 17 heavy (non-hydrogen) atoms. The van der Waals surface area contributed by atoms with Crippen molar-refractivity contribution >= 4 is 11.7 Å². The molecule has 1 aromatic rings. The molecule has 0 spiro atoms. The van der Waals surface area contributed by atoms with Gasteiger partial charge in [-0.3, -0.25) is 10.2 Å². The summed E-state index contributed by atoms with van der Waals surface area (Å²) < 4.78 is 0. The number of carbonyl (C=O) groups excluding carboxylic acids is 1. The van der Waals surface area contributed by atoms with Gasteiger partial charge in [-0.2, -0.15) is 0 Å². The zero-order chi connectivity index (χ0) is 12.8. The molecular formula is C13H19N3O. The predicted octanol–water partition coefficient (Wildman–Crippen LogP) is 1.83. The SMILES string of the molecule is CCC(NC(=O)C(C)C(=N)N)c1ccccc1. The lowest BCUT2D eigenvalue weighted by molar-refractivity contribution is -0.123. The van der Waals surface area contributed by atoms with Crippen LogP contribution in [0.2, 0.25) is 0 Å². The molecule has 4 heteroatoms. The van der Waals surface area contributed by atoms with Gasteiger partial charge < -0.3 is 11.1 Å². The number of amides is 1. The van der Waals surface area contributed by atoms with Crippen LogP contribution in [-0.2, 0) is 4.79 Å². The summed E-state index contributed by atoms with van der Waals surface area (Å²) in [5, 5.41) is 10.2.